The molecule has 0 fully saturated rings. The Kier molecular flexibility index (Phi) is 5.64. The van der Waals surface area contributed by atoms with Gasteiger partial charge in [-0.1, -0.05) is 23.7 Å². The average molecular weight is 300 g/mol. The van der Waals surface area contributed by atoms with E-state index in [0.717, 1.165) is 0 Å². The molecule has 20 heavy (non-hydrogen) atoms. The molecule has 3 N–H and O–H groups in total. The Morgan fingerprint density at radius 1 is 1.60 bits per heavy atom. The first-order valence-corrected chi connectivity index (χ1v) is 6.35. The van der Waals surface area contributed by atoms with Crippen LogP contribution in [0.25, 0.3) is 0 Å². The second-order valence-corrected chi connectivity index (χ2v) is 4.89. The van der Waals surface area contributed by atoms with Gasteiger partial charge in [0, 0.05) is 24.5 Å². The predicted molar refractivity (Wildman–Crippen MR) is 77.5 cm³/mol. The van der Waals surface area contributed by atoms with E-state index >= 15 is 0 Å². The molecule has 0 aromatic heterocycles. The first kappa shape index (κ1) is 16.1. The fourth-order valence-electron chi connectivity index (χ4n) is 1.74. The van der Waals surface area contributed by atoms with Gasteiger partial charge in [-0.05, 0) is 18.2 Å². The molecule has 0 spiro atoms. The number of benzene rings is 1. The van der Waals surface area contributed by atoms with Gasteiger partial charge in [0.15, 0.2) is 0 Å². The maximum absolute atomic E-state index is 12.4. The number of amides is 1. The minimum Gasteiger partial charge on any atom is -0.496 e. The Bertz CT molecular complexity index is 520. The van der Waals surface area contributed by atoms with Crippen molar-refractivity contribution in [3.63, 3.8) is 0 Å². The van der Waals surface area contributed by atoms with E-state index in [2.05, 4.69) is 5.16 Å². The van der Waals surface area contributed by atoms with E-state index in [0.29, 0.717) is 22.9 Å². The lowest BCUT2D eigenvalue weighted by Gasteiger charge is -2.22. The quantitative estimate of drug-likeness (QED) is 0.375. The molecule has 0 saturated carbocycles. The van der Waals surface area contributed by atoms with Gasteiger partial charge in [-0.2, -0.15) is 0 Å². The van der Waals surface area contributed by atoms with E-state index in [9.17, 15) is 4.79 Å². The summed E-state index contributed by atoms with van der Waals surface area (Å²) in [7, 11) is 3.11. The molecule has 0 aliphatic carbocycles. The second-order valence-electron chi connectivity index (χ2n) is 4.46. The molecule has 1 atom stereocenters. The number of halogens is 1. The summed E-state index contributed by atoms with van der Waals surface area (Å²) >= 11 is 5.90. The summed E-state index contributed by atoms with van der Waals surface area (Å²) in [5.74, 6) is 0.00600. The summed E-state index contributed by atoms with van der Waals surface area (Å²) in [5.41, 5.74) is 5.87. The zero-order valence-electron chi connectivity index (χ0n) is 11.6. The molecule has 0 saturated heterocycles. The summed E-state index contributed by atoms with van der Waals surface area (Å²) in [6.07, 6.45) is 0. The van der Waals surface area contributed by atoms with Crippen LogP contribution in [0.5, 0.6) is 5.75 Å². The minimum absolute atomic E-state index is 0.0720. The number of methoxy groups -OCH3 is 1. The molecule has 0 radical (unpaired) electrons. The Hall–Kier alpha value is -1.95. The van der Waals surface area contributed by atoms with Crippen LogP contribution in [0.2, 0.25) is 5.02 Å². The normalized spacial score (nSPS) is 12.9. The lowest BCUT2D eigenvalue weighted by atomic mass is 10.1. The molecule has 0 bridgehead atoms. The van der Waals surface area contributed by atoms with Crippen LogP contribution >= 0.6 is 11.6 Å². The highest BCUT2D eigenvalue weighted by atomic mass is 35.5. The molecule has 0 aliphatic rings. The van der Waals surface area contributed by atoms with E-state index in [-0.39, 0.29) is 17.7 Å². The SMILES string of the molecule is COc1ccc(Cl)cc1C(=O)N(C)CC(C)C(N)=NO. The van der Waals surface area contributed by atoms with Crippen LogP contribution in [0.3, 0.4) is 0 Å². The fraction of sp³-hybridized carbons (Fsp3) is 0.385. The van der Waals surface area contributed by atoms with Gasteiger partial charge in [0.25, 0.3) is 5.91 Å². The average Bonchev–Trinajstić information content (AvgIpc) is 2.45. The highest BCUT2D eigenvalue weighted by Crippen LogP contribution is 2.24. The van der Waals surface area contributed by atoms with Crippen LogP contribution in [0.4, 0.5) is 0 Å². The zero-order valence-corrected chi connectivity index (χ0v) is 12.4. The minimum atomic E-state index is -0.265. The standard InChI is InChI=1S/C13H18ClN3O3/c1-8(12(15)16-19)7-17(2)13(18)10-6-9(14)4-5-11(10)20-3/h4-6,8,19H,7H2,1-3H3,(H2,15,16). The monoisotopic (exact) mass is 299 g/mol. The number of ether oxygens (including phenoxy) is 1. The molecule has 1 amide bonds. The number of carbonyl (C=O) groups excluding carboxylic acids is 1. The van der Waals surface area contributed by atoms with Gasteiger partial charge in [0.05, 0.1) is 12.7 Å². The third-order valence-electron chi connectivity index (χ3n) is 2.91. The summed E-state index contributed by atoms with van der Waals surface area (Å²) in [5, 5.41) is 12.0. The number of amidine groups is 1. The number of nitrogens with two attached hydrogens (primary N) is 1. The summed E-state index contributed by atoms with van der Waals surface area (Å²) in [4.78, 5) is 13.8. The van der Waals surface area contributed by atoms with Gasteiger partial charge < -0.3 is 20.6 Å². The maximum atomic E-state index is 12.4. The van der Waals surface area contributed by atoms with E-state index in [1.54, 1.807) is 32.2 Å². The maximum Gasteiger partial charge on any atom is 0.257 e. The lowest BCUT2D eigenvalue weighted by molar-refractivity contribution is 0.0782. The molecular weight excluding hydrogens is 282 g/mol. The van der Waals surface area contributed by atoms with Crippen molar-refractivity contribution in [1.82, 2.24) is 4.90 Å². The lowest BCUT2D eigenvalue weighted by Crippen LogP contribution is -2.36. The van der Waals surface area contributed by atoms with E-state index in [4.69, 9.17) is 27.3 Å². The molecule has 6 nitrogen and oxygen atoms in total. The Balaban J connectivity index is 2.92. The smallest absolute Gasteiger partial charge is 0.257 e. The Morgan fingerprint density at radius 3 is 2.80 bits per heavy atom. The molecule has 0 heterocycles. The molecule has 0 aliphatic heterocycles. The van der Waals surface area contributed by atoms with Gasteiger partial charge in [0.2, 0.25) is 0 Å². The van der Waals surface area contributed by atoms with Crippen molar-refractivity contribution in [2.24, 2.45) is 16.8 Å². The van der Waals surface area contributed by atoms with Gasteiger partial charge in [-0.25, -0.2) is 0 Å². The zero-order chi connectivity index (χ0) is 15.3. The third-order valence-corrected chi connectivity index (χ3v) is 3.14. The van der Waals surface area contributed by atoms with Gasteiger partial charge >= 0.3 is 0 Å². The van der Waals surface area contributed by atoms with Crippen molar-refractivity contribution in [1.29, 1.82) is 0 Å². The van der Waals surface area contributed by atoms with Crippen LogP contribution in [0.1, 0.15) is 17.3 Å². The second kappa shape index (κ2) is 7.00. The van der Waals surface area contributed by atoms with Gasteiger partial charge in [-0.3, -0.25) is 4.79 Å². The number of rotatable bonds is 5. The summed E-state index contributed by atoms with van der Waals surface area (Å²) in [6.45, 7) is 2.07. The molecular formula is C13H18ClN3O3. The summed E-state index contributed by atoms with van der Waals surface area (Å²) < 4.78 is 5.15. The number of hydrogen-bond acceptors (Lipinski definition) is 4. The first-order chi connectivity index (χ1) is 9.40. The highest BCUT2D eigenvalue weighted by Gasteiger charge is 2.20. The largest absolute Gasteiger partial charge is 0.496 e. The number of oxime groups is 1. The Morgan fingerprint density at radius 2 is 2.25 bits per heavy atom. The number of carbonyl (C=O) groups is 1. The van der Waals surface area contributed by atoms with Crippen LogP contribution in [-0.2, 0) is 0 Å². The Labute approximate surface area is 122 Å². The van der Waals surface area contributed by atoms with Crippen LogP contribution < -0.4 is 10.5 Å². The molecule has 7 heteroatoms. The van der Waals surface area contributed by atoms with Crippen molar-refractivity contribution < 1.29 is 14.7 Å². The van der Waals surface area contributed by atoms with Crippen molar-refractivity contribution in [2.45, 2.75) is 6.92 Å². The summed E-state index contributed by atoms with van der Waals surface area (Å²) in [6, 6.07) is 4.83. The van der Waals surface area contributed by atoms with E-state index < -0.39 is 0 Å². The number of hydrogen-bond donors (Lipinski definition) is 2. The highest BCUT2D eigenvalue weighted by molar-refractivity contribution is 6.31. The van der Waals surface area contributed by atoms with Crippen LogP contribution in [-0.4, -0.2) is 42.6 Å². The fourth-order valence-corrected chi connectivity index (χ4v) is 1.91. The van der Waals surface area contributed by atoms with Gasteiger partial charge in [-0.15, -0.1) is 0 Å². The molecule has 1 unspecified atom stereocenters. The van der Waals surface area contributed by atoms with E-state index in [1.807, 2.05) is 0 Å². The molecule has 1 aromatic rings. The predicted octanol–water partition coefficient (Wildman–Crippen LogP) is 1.80. The molecule has 1 aromatic carbocycles. The van der Waals surface area contributed by atoms with E-state index in [1.165, 1.54) is 12.0 Å². The van der Waals surface area contributed by atoms with Gasteiger partial charge in [0.1, 0.15) is 11.6 Å². The first-order valence-electron chi connectivity index (χ1n) is 5.97. The van der Waals surface area contributed by atoms with Crippen molar-refractivity contribution in [3.8, 4) is 5.75 Å². The van der Waals surface area contributed by atoms with Crippen LogP contribution in [0.15, 0.2) is 23.4 Å². The molecule has 1 rings (SSSR count). The molecule has 110 valence electrons. The number of nitrogens with zero attached hydrogens (tertiary/aromatic N) is 2. The van der Waals surface area contributed by atoms with Crippen molar-refractivity contribution in [3.05, 3.63) is 28.8 Å². The third kappa shape index (κ3) is 3.77. The van der Waals surface area contributed by atoms with Crippen molar-refractivity contribution in [2.75, 3.05) is 20.7 Å². The topological polar surface area (TPSA) is 88.2 Å². The van der Waals surface area contributed by atoms with Crippen molar-refractivity contribution >= 4 is 23.3 Å². The van der Waals surface area contributed by atoms with Crippen LogP contribution in [0, 0.1) is 5.92 Å².